The molecule has 2 N–H and O–H groups in total. The topological polar surface area (TPSA) is 71.3 Å². The molecule has 0 saturated carbocycles. The zero-order chi connectivity index (χ0) is 23.8. The second-order valence-corrected chi connectivity index (χ2v) is 8.39. The minimum absolute atomic E-state index is 0. The van der Waals surface area contributed by atoms with Crippen LogP contribution >= 0.6 is 23.2 Å². The fourth-order valence-electron chi connectivity index (χ4n) is 3.20. The van der Waals surface area contributed by atoms with Gasteiger partial charge in [-0.15, -0.1) is 0 Å². The predicted octanol–water partition coefficient (Wildman–Crippen LogP) is 1.86. The number of ether oxygens (including phenoxy) is 1. The second-order valence-electron chi connectivity index (χ2n) is 7.58. The van der Waals surface area contributed by atoms with Gasteiger partial charge in [-0.2, -0.15) is 0 Å². The van der Waals surface area contributed by atoms with Gasteiger partial charge in [0.2, 0.25) is 0 Å². The molecule has 0 saturated heterocycles. The van der Waals surface area contributed by atoms with Crippen molar-refractivity contribution in [3.8, 4) is 0 Å². The molecule has 1 amide bonds. The van der Waals surface area contributed by atoms with E-state index in [2.05, 4.69) is 10.6 Å². The van der Waals surface area contributed by atoms with Gasteiger partial charge in [-0.3, -0.25) is 9.59 Å². The number of para-hydroxylation sites is 2. The van der Waals surface area contributed by atoms with Crippen LogP contribution in [0.3, 0.4) is 0 Å². The molecule has 0 aliphatic rings. The fourth-order valence-corrected chi connectivity index (χ4v) is 3.69. The van der Waals surface area contributed by atoms with Gasteiger partial charge in [0.25, 0.3) is 5.91 Å². The largest absolute Gasteiger partial charge is 1.00 e. The van der Waals surface area contributed by atoms with Crippen molar-refractivity contribution < 1.29 is 42.9 Å². The summed E-state index contributed by atoms with van der Waals surface area (Å²) >= 11 is 12.5. The van der Waals surface area contributed by atoms with Gasteiger partial charge in [0, 0.05) is 11.8 Å². The van der Waals surface area contributed by atoms with E-state index in [1.807, 2.05) is 44.4 Å². The first-order valence-electron chi connectivity index (χ1n) is 10.6. The number of amides is 1. The van der Waals surface area contributed by atoms with Crippen molar-refractivity contribution >= 4 is 46.5 Å². The second kappa shape index (κ2) is 13.5. The standard InChI is InChI=1S/C25H25Cl2N3O3.HI/c1-3-19(28-25(32)18-9-7-13-30(2)15-18)16-33-23(31)14-17-8-4-5-12-22(17)29-24-20(26)10-6-11-21(24)27;/h4-13,15,19,29H,3,14,16H2,1-2H3;1H. The summed E-state index contributed by atoms with van der Waals surface area (Å²) in [6.07, 6.45) is 4.27. The molecule has 0 radical (unpaired) electrons. The van der Waals surface area contributed by atoms with Crippen molar-refractivity contribution in [2.24, 2.45) is 7.05 Å². The molecule has 34 heavy (non-hydrogen) atoms. The summed E-state index contributed by atoms with van der Waals surface area (Å²) in [5.74, 6) is -0.603. The zero-order valence-electron chi connectivity index (χ0n) is 18.9. The summed E-state index contributed by atoms with van der Waals surface area (Å²) in [4.78, 5) is 25.0. The minimum atomic E-state index is -0.395. The quantitative estimate of drug-likeness (QED) is 0.220. The molecule has 1 heterocycles. The Kier molecular flexibility index (Phi) is 11.1. The van der Waals surface area contributed by atoms with Crippen LogP contribution in [0.5, 0.6) is 0 Å². The van der Waals surface area contributed by atoms with Crippen molar-refractivity contribution in [1.29, 1.82) is 0 Å². The molecule has 1 unspecified atom stereocenters. The number of rotatable bonds is 9. The van der Waals surface area contributed by atoms with Crippen LogP contribution in [-0.2, 0) is 23.0 Å². The van der Waals surface area contributed by atoms with Gasteiger partial charge in [-0.05, 0) is 36.2 Å². The van der Waals surface area contributed by atoms with Crippen molar-refractivity contribution in [1.82, 2.24) is 5.32 Å². The number of hydrogen-bond donors (Lipinski definition) is 2. The number of aryl methyl sites for hydroxylation is 1. The smallest absolute Gasteiger partial charge is 0.310 e. The maximum Gasteiger partial charge on any atom is 0.310 e. The van der Waals surface area contributed by atoms with E-state index in [0.717, 1.165) is 5.56 Å². The van der Waals surface area contributed by atoms with Gasteiger partial charge in [0.1, 0.15) is 19.2 Å². The molecular formula is C25H26Cl2IN3O3. The molecule has 0 aliphatic carbocycles. The Morgan fingerprint density at radius 2 is 1.74 bits per heavy atom. The van der Waals surface area contributed by atoms with Crippen molar-refractivity contribution in [3.63, 3.8) is 0 Å². The van der Waals surface area contributed by atoms with E-state index in [1.165, 1.54) is 0 Å². The average molecular weight is 614 g/mol. The van der Waals surface area contributed by atoms with Gasteiger partial charge in [0.05, 0.1) is 28.2 Å². The normalized spacial score (nSPS) is 11.2. The molecule has 1 aromatic heterocycles. The van der Waals surface area contributed by atoms with E-state index in [4.69, 9.17) is 27.9 Å². The highest BCUT2D eigenvalue weighted by Crippen LogP contribution is 2.33. The van der Waals surface area contributed by atoms with Crippen LogP contribution in [0.1, 0.15) is 29.3 Å². The molecule has 6 nitrogen and oxygen atoms in total. The Morgan fingerprint density at radius 3 is 2.41 bits per heavy atom. The van der Waals surface area contributed by atoms with Crippen LogP contribution in [0, 0.1) is 0 Å². The van der Waals surface area contributed by atoms with Crippen LogP contribution in [0.4, 0.5) is 11.4 Å². The van der Waals surface area contributed by atoms with Crippen molar-refractivity contribution in [2.45, 2.75) is 25.8 Å². The summed E-state index contributed by atoms with van der Waals surface area (Å²) < 4.78 is 7.28. The van der Waals surface area contributed by atoms with Gasteiger partial charge in [0.15, 0.2) is 12.4 Å². The number of nitrogens with one attached hydrogen (secondary N) is 2. The third-order valence-corrected chi connectivity index (χ3v) is 5.68. The molecule has 0 aliphatic heterocycles. The number of esters is 1. The maximum atomic E-state index is 12.6. The van der Waals surface area contributed by atoms with Gasteiger partial charge < -0.3 is 39.3 Å². The Balaban J connectivity index is 0.00000408. The Hall–Kier alpha value is -2.36. The molecule has 3 aromatic rings. The van der Waals surface area contributed by atoms with Crippen molar-refractivity contribution in [2.75, 3.05) is 11.9 Å². The predicted molar refractivity (Wildman–Crippen MR) is 130 cm³/mol. The highest BCUT2D eigenvalue weighted by Gasteiger charge is 2.17. The zero-order valence-corrected chi connectivity index (χ0v) is 22.5. The van der Waals surface area contributed by atoms with Crippen LogP contribution in [0.2, 0.25) is 10.0 Å². The molecule has 2 aromatic carbocycles. The highest BCUT2D eigenvalue weighted by atomic mass is 127. The Bertz CT molecular complexity index is 1120. The van der Waals surface area contributed by atoms with Crippen molar-refractivity contribution in [3.05, 3.63) is 88.2 Å². The number of carbonyl (C=O) groups is 2. The molecule has 1 atom stereocenters. The molecule has 3 rings (SSSR count). The molecule has 180 valence electrons. The number of aromatic nitrogens is 1. The summed E-state index contributed by atoms with van der Waals surface area (Å²) in [6.45, 7) is 2.02. The number of halogens is 3. The molecular weight excluding hydrogens is 588 g/mol. The van der Waals surface area contributed by atoms with Crippen LogP contribution in [0.25, 0.3) is 0 Å². The lowest BCUT2D eigenvalue weighted by Crippen LogP contribution is -3.00. The van der Waals surface area contributed by atoms with E-state index in [9.17, 15) is 9.59 Å². The summed E-state index contributed by atoms with van der Waals surface area (Å²) in [6, 6.07) is 15.9. The van der Waals surface area contributed by atoms with Gasteiger partial charge in [-0.1, -0.05) is 54.4 Å². The Labute approximate surface area is 226 Å². The minimum Gasteiger partial charge on any atom is -1.00 e. The van der Waals surface area contributed by atoms with E-state index in [1.54, 1.807) is 41.1 Å². The van der Waals surface area contributed by atoms with Crippen LogP contribution in [-0.4, -0.2) is 24.5 Å². The SMILES string of the molecule is CCC(COC(=O)Cc1ccccc1Nc1c(Cl)cccc1Cl)NC(=O)c1ccc[n+](C)c1.[I-]. The Morgan fingerprint density at radius 1 is 1.03 bits per heavy atom. The number of anilines is 2. The lowest BCUT2D eigenvalue weighted by atomic mass is 10.1. The monoisotopic (exact) mass is 613 g/mol. The summed E-state index contributed by atoms with van der Waals surface area (Å²) in [5.41, 5.74) is 2.57. The molecule has 9 heteroatoms. The van der Waals surface area contributed by atoms with E-state index < -0.39 is 5.97 Å². The first-order valence-corrected chi connectivity index (χ1v) is 11.3. The number of benzene rings is 2. The lowest BCUT2D eigenvalue weighted by molar-refractivity contribution is -0.671. The average Bonchev–Trinajstić information content (AvgIpc) is 2.80. The third-order valence-electron chi connectivity index (χ3n) is 5.05. The lowest BCUT2D eigenvalue weighted by Gasteiger charge is -2.17. The number of hydrogen-bond acceptors (Lipinski definition) is 4. The first kappa shape index (κ1) is 27.9. The molecule has 0 fully saturated rings. The third kappa shape index (κ3) is 7.85. The number of nitrogens with zero attached hydrogens (tertiary/aromatic N) is 1. The van der Waals surface area contributed by atoms with Gasteiger partial charge >= 0.3 is 5.97 Å². The number of pyridine rings is 1. The van der Waals surface area contributed by atoms with Gasteiger partial charge in [-0.25, -0.2) is 4.57 Å². The maximum absolute atomic E-state index is 12.6. The highest BCUT2D eigenvalue weighted by molar-refractivity contribution is 6.39. The van der Waals surface area contributed by atoms with E-state index >= 15 is 0 Å². The number of carbonyl (C=O) groups excluding carboxylic acids is 2. The summed E-state index contributed by atoms with van der Waals surface area (Å²) in [7, 11) is 1.85. The molecule has 0 spiro atoms. The van der Waals surface area contributed by atoms with Crippen LogP contribution < -0.4 is 39.2 Å². The summed E-state index contributed by atoms with van der Waals surface area (Å²) in [5, 5.41) is 7.08. The van der Waals surface area contributed by atoms with E-state index in [0.29, 0.717) is 33.4 Å². The molecule has 0 bridgehead atoms. The fraction of sp³-hybridized carbons (Fsp3) is 0.240. The van der Waals surface area contributed by atoms with Crippen LogP contribution in [0.15, 0.2) is 67.0 Å². The van der Waals surface area contributed by atoms with E-state index in [-0.39, 0.29) is 49.0 Å². The first-order chi connectivity index (χ1) is 15.9.